The number of anilines is 1. The second-order valence-corrected chi connectivity index (χ2v) is 7.10. The summed E-state index contributed by atoms with van der Waals surface area (Å²) in [6.45, 7) is 2.82. The van der Waals surface area contributed by atoms with Gasteiger partial charge in [0.15, 0.2) is 0 Å². The quantitative estimate of drug-likeness (QED) is 0.781. The predicted molar refractivity (Wildman–Crippen MR) is 103 cm³/mol. The smallest absolute Gasteiger partial charge is 0.255 e. The highest BCUT2D eigenvalue weighted by Gasteiger charge is 2.24. The summed E-state index contributed by atoms with van der Waals surface area (Å²) in [5.74, 6) is 0.956. The lowest BCUT2D eigenvalue weighted by molar-refractivity contribution is 0.0570. The molecule has 5 nitrogen and oxygen atoms in total. The molecule has 0 spiro atoms. The summed E-state index contributed by atoms with van der Waals surface area (Å²) in [6.07, 6.45) is 3.74. The third-order valence-corrected chi connectivity index (χ3v) is 4.93. The number of carbonyl (C=O) groups excluding carboxylic acids is 1. The summed E-state index contributed by atoms with van der Waals surface area (Å²) in [6, 6.07) is 10.1. The van der Waals surface area contributed by atoms with Crippen LogP contribution >= 0.6 is 0 Å². The molecule has 3 rings (SSSR count). The zero-order valence-electron chi connectivity index (χ0n) is 15.9. The van der Waals surface area contributed by atoms with Gasteiger partial charge in [-0.3, -0.25) is 4.79 Å². The molecule has 0 unspecified atom stereocenters. The lowest BCUT2D eigenvalue weighted by Gasteiger charge is -2.32. The zero-order valence-corrected chi connectivity index (χ0v) is 15.9. The van der Waals surface area contributed by atoms with Gasteiger partial charge in [0.05, 0.1) is 12.2 Å². The number of hydrogen-bond donors (Lipinski definition) is 0. The molecule has 6 heteroatoms. The van der Waals surface area contributed by atoms with Crippen LogP contribution in [0.3, 0.4) is 0 Å². The molecule has 1 saturated heterocycles. The Morgan fingerprint density at radius 1 is 1.30 bits per heavy atom. The molecule has 0 radical (unpaired) electrons. The van der Waals surface area contributed by atoms with Gasteiger partial charge in [0.25, 0.3) is 5.91 Å². The van der Waals surface area contributed by atoms with Crippen LogP contribution in [0.25, 0.3) is 0 Å². The van der Waals surface area contributed by atoms with Gasteiger partial charge in [-0.25, -0.2) is 9.37 Å². The molecule has 1 aromatic carbocycles. The largest absolute Gasteiger partial charge is 0.384 e. The van der Waals surface area contributed by atoms with E-state index in [1.165, 1.54) is 12.1 Å². The SMILES string of the molecule is COC[C@H]1CCCN(C(=O)c2ccc(N(C)Cc3ccc(F)cc3)nc2)C1. The van der Waals surface area contributed by atoms with Crippen molar-refractivity contribution in [3.8, 4) is 0 Å². The van der Waals surface area contributed by atoms with Crippen molar-refractivity contribution in [1.82, 2.24) is 9.88 Å². The van der Waals surface area contributed by atoms with Crippen LogP contribution in [0, 0.1) is 11.7 Å². The van der Waals surface area contributed by atoms with Crippen molar-refractivity contribution in [2.24, 2.45) is 5.92 Å². The highest BCUT2D eigenvalue weighted by Crippen LogP contribution is 2.20. The molecule has 1 fully saturated rings. The molecule has 27 heavy (non-hydrogen) atoms. The summed E-state index contributed by atoms with van der Waals surface area (Å²) in [7, 11) is 3.62. The van der Waals surface area contributed by atoms with Crippen molar-refractivity contribution in [2.75, 3.05) is 38.8 Å². The number of carbonyl (C=O) groups is 1. The molecular weight excluding hydrogens is 345 g/mol. The molecule has 1 aromatic heterocycles. The lowest BCUT2D eigenvalue weighted by atomic mass is 9.98. The number of rotatable bonds is 6. The van der Waals surface area contributed by atoms with Crippen molar-refractivity contribution < 1.29 is 13.9 Å². The van der Waals surface area contributed by atoms with Gasteiger partial charge in [-0.1, -0.05) is 12.1 Å². The molecule has 2 heterocycles. The van der Waals surface area contributed by atoms with Crippen molar-refractivity contribution >= 4 is 11.7 Å². The third-order valence-electron chi connectivity index (χ3n) is 4.93. The van der Waals surface area contributed by atoms with Crippen LogP contribution in [-0.4, -0.2) is 49.6 Å². The molecule has 1 aliphatic rings. The van der Waals surface area contributed by atoms with Crippen molar-refractivity contribution in [2.45, 2.75) is 19.4 Å². The van der Waals surface area contributed by atoms with Crippen LogP contribution < -0.4 is 4.90 Å². The number of ether oxygens (including phenoxy) is 1. The van der Waals surface area contributed by atoms with Gasteiger partial charge >= 0.3 is 0 Å². The van der Waals surface area contributed by atoms with Crippen LogP contribution in [0.15, 0.2) is 42.6 Å². The van der Waals surface area contributed by atoms with E-state index < -0.39 is 0 Å². The fraction of sp³-hybridized carbons (Fsp3) is 0.429. The highest BCUT2D eigenvalue weighted by atomic mass is 19.1. The first-order chi connectivity index (χ1) is 13.1. The van der Waals surface area contributed by atoms with Crippen molar-refractivity contribution in [3.05, 3.63) is 59.5 Å². The van der Waals surface area contributed by atoms with Crippen molar-refractivity contribution in [1.29, 1.82) is 0 Å². The van der Waals surface area contributed by atoms with Gasteiger partial charge in [0.1, 0.15) is 11.6 Å². The molecule has 0 bridgehead atoms. The van der Waals surface area contributed by atoms with E-state index in [1.807, 2.05) is 29.0 Å². The van der Waals surface area contributed by atoms with Gasteiger partial charge in [-0.05, 0) is 48.6 Å². The van der Waals surface area contributed by atoms with Gasteiger partial charge in [-0.2, -0.15) is 0 Å². The van der Waals surface area contributed by atoms with E-state index in [4.69, 9.17) is 4.74 Å². The molecule has 144 valence electrons. The first-order valence-corrected chi connectivity index (χ1v) is 9.26. The summed E-state index contributed by atoms with van der Waals surface area (Å²) >= 11 is 0. The summed E-state index contributed by atoms with van der Waals surface area (Å²) in [4.78, 5) is 21.1. The van der Waals surface area contributed by atoms with Gasteiger partial charge in [0.2, 0.25) is 0 Å². The molecule has 1 aliphatic heterocycles. The second kappa shape index (κ2) is 8.95. The number of hydrogen-bond acceptors (Lipinski definition) is 4. The van der Waals surface area contributed by atoms with Crippen LogP contribution in [0.1, 0.15) is 28.8 Å². The second-order valence-electron chi connectivity index (χ2n) is 7.10. The van der Waals surface area contributed by atoms with E-state index in [0.717, 1.165) is 37.3 Å². The number of piperidine rings is 1. The fourth-order valence-corrected chi connectivity index (χ4v) is 3.49. The number of pyridine rings is 1. The maximum Gasteiger partial charge on any atom is 0.255 e. The molecule has 0 N–H and O–H groups in total. The molecule has 0 saturated carbocycles. The first-order valence-electron chi connectivity index (χ1n) is 9.26. The van der Waals surface area contributed by atoms with Crippen LogP contribution in [0.5, 0.6) is 0 Å². The van der Waals surface area contributed by atoms with E-state index in [9.17, 15) is 9.18 Å². The topological polar surface area (TPSA) is 45.7 Å². The fourth-order valence-electron chi connectivity index (χ4n) is 3.49. The number of halogens is 1. The molecule has 1 amide bonds. The standard InChI is InChI=1S/C21H26FN3O2/c1-24(13-16-5-8-19(22)9-6-16)20-10-7-18(12-23-20)21(26)25-11-3-4-17(14-25)15-27-2/h5-10,12,17H,3-4,11,13-15H2,1-2H3/t17-/m0/s1. The molecule has 2 aromatic rings. The maximum atomic E-state index is 13.0. The van der Waals surface area contributed by atoms with Crippen molar-refractivity contribution in [3.63, 3.8) is 0 Å². The average molecular weight is 371 g/mol. The molecular formula is C21H26FN3O2. The zero-order chi connectivity index (χ0) is 19.2. The summed E-state index contributed by atoms with van der Waals surface area (Å²) in [5.41, 5.74) is 1.60. The normalized spacial score (nSPS) is 17.0. The van der Waals surface area contributed by atoms with E-state index in [-0.39, 0.29) is 11.7 Å². The van der Waals surface area contributed by atoms with Gasteiger partial charge in [-0.15, -0.1) is 0 Å². The molecule has 0 aliphatic carbocycles. The Labute approximate surface area is 159 Å². The maximum absolute atomic E-state index is 13.0. The van der Waals surface area contributed by atoms with Gasteiger partial charge in [0, 0.05) is 40.0 Å². The number of aromatic nitrogens is 1. The highest BCUT2D eigenvalue weighted by molar-refractivity contribution is 5.94. The first kappa shape index (κ1) is 19.3. The minimum atomic E-state index is -0.243. The Hall–Kier alpha value is -2.47. The Morgan fingerprint density at radius 3 is 2.74 bits per heavy atom. The minimum Gasteiger partial charge on any atom is -0.384 e. The monoisotopic (exact) mass is 371 g/mol. The van der Waals surface area contributed by atoms with Crippen LogP contribution in [-0.2, 0) is 11.3 Å². The van der Waals surface area contributed by atoms with Gasteiger partial charge < -0.3 is 14.5 Å². The van der Waals surface area contributed by atoms with E-state index >= 15 is 0 Å². The third kappa shape index (κ3) is 5.04. The average Bonchev–Trinajstić information content (AvgIpc) is 2.70. The number of methoxy groups -OCH3 is 1. The van der Waals surface area contributed by atoms with Crippen LogP contribution in [0.4, 0.5) is 10.2 Å². The number of benzene rings is 1. The Bertz CT molecular complexity index is 747. The molecule has 1 atom stereocenters. The summed E-state index contributed by atoms with van der Waals surface area (Å²) in [5, 5.41) is 0. The summed E-state index contributed by atoms with van der Waals surface area (Å²) < 4.78 is 18.3. The number of amides is 1. The number of nitrogens with zero attached hydrogens (tertiary/aromatic N) is 3. The number of likely N-dealkylation sites (tertiary alicyclic amines) is 1. The van der Waals surface area contributed by atoms with E-state index in [2.05, 4.69) is 4.98 Å². The predicted octanol–water partition coefficient (Wildman–Crippen LogP) is 3.36. The Balaban J connectivity index is 1.62. The van der Waals surface area contributed by atoms with E-state index in [1.54, 1.807) is 25.4 Å². The Morgan fingerprint density at radius 2 is 2.07 bits per heavy atom. The lowest BCUT2D eigenvalue weighted by Crippen LogP contribution is -2.41. The van der Waals surface area contributed by atoms with E-state index in [0.29, 0.717) is 24.6 Å². The minimum absolute atomic E-state index is 0.0241. The Kier molecular flexibility index (Phi) is 6.40. The van der Waals surface area contributed by atoms with Crippen LogP contribution in [0.2, 0.25) is 0 Å².